The maximum absolute atomic E-state index is 5.95. The zero-order valence-corrected chi connectivity index (χ0v) is 11.9. The van der Waals surface area contributed by atoms with Gasteiger partial charge >= 0.3 is 0 Å². The maximum Gasteiger partial charge on any atom is 0.0994 e. The molecule has 1 aromatic carbocycles. The minimum absolute atomic E-state index is 0.0232. The molecule has 0 radical (unpaired) electrons. The Balaban J connectivity index is 2.30. The quantitative estimate of drug-likeness (QED) is 0.897. The fraction of sp³-hybridized carbons (Fsp3) is 0.400. The molecule has 102 valence electrons. The third-order valence-corrected chi connectivity index (χ3v) is 3.39. The van der Waals surface area contributed by atoms with Gasteiger partial charge in [0.05, 0.1) is 18.2 Å². The second-order valence-electron chi connectivity index (χ2n) is 4.67. The van der Waals surface area contributed by atoms with Crippen LogP contribution in [-0.2, 0) is 0 Å². The minimum Gasteiger partial charge on any atom is -0.372 e. The number of rotatable bonds is 5. The highest BCUT2D eigenvalue weighted by atomic mass is 15.1. The Morgan fingerprint density at radius 3 is 2.37 bits per heavy atom. The van der Waals surface area contributed by atoms with E-state index in [1.165, 1.54) is 5.69 Å². The van der Waals surface area contributed by atoms with Crippen molar-refractivity contribution in [3.05, 3.63) is 42.5 Å². The Bertz CT molecular complexity index is 509. The zero-order valence-electron chi connectivity index (χ0n) is 11.9. The van der Waals surface area contributed by atoms with Crippen LogP contribution in [0, 0.1) is 0 Å². The number of benzene rings is 1. The van der Waals surface area contributed by atoms with Gasteiger partial charge in [0.25, 0.3) is 0 Å². The molecule has 0 unspecified atom stereocenters. The summed E-state index contributed by atoms with van der Waals surface area (Å²) in [5.74, 6) is 0. The fourth-order valence-corrected chi connectivity index (χ4v) is 2.27. The van der Waals surface area contributed by atoms with Crippen molar-refractivity contribution in [3.8, 4) is 5.69 Å². The van der Waals surface area contributed by atoms with Crippen LogP contribution in [0.1, 0.15) is 32.5 Å². The van der Waals surface area contributed by atoms with E-state index in [1.807, 2.05) is 24.0 Å². The van der Waals surface area contributed by atoms with Crippen LogP contribution in [0.25, 0.3) is 5.69 Å². The van der Waals surface area contributed by atoms with E-state index in [0.29, 0.717) is 0 Å². The molecule has 4 heteroatoms. The molecule has 2 N–H and O–H groups in total. The van der Waals surface area contributed by atoms with E-state index in [0.717, 1.165) is 24.5 Å². The van der Waals surface area contributed by atoms with Crippen LogP contribution in [0.5, 0.6) is 0 Å². The number of nitrogens with zero attached hydrogens (tertiary/aromatic N) is 3. The van der Waals surface area contributed by atoms with Gasteiger partial charge in [0.15, 0.2) is 0 Å². The van der Waals surface area contributed by atoms with Crippen LogP contribution in [0.4, 0.5) is 5.69 Å². The van der Waals surface area contributed by atoms with E-state index in [1.54, 1.807) is 0 Å². The third-order valence-electron chi connectivity index (χ3n) is 3.39. The van der Waals surface area contributed by atoms with Crippen LogP contribution >= 0.6 is 0 Å². The first-order valence-electron chi connectivity index (χ1n) is 6.80. The van der Waals surface area contributed by atoms with Gasteiger partial charge in [-0.1, -0.05) is 0 Å². The van der Waals surface area contributed by atoms with Gasteiger partial charge in [0.1, 0.15) is 0 Å². The summed E-state index contributed by atoms with van der Waals surface area (Å²) in [5, 5.41) is 0. The van der Waals surface area contributed by atoms with E-state index >= 15 is 0 Å². The number of aromatic nitrogens is 2. The van der Waals surface area contributed by atoms with Crippen molar-refractivity contribution in [2.75, 3.05) is 18.0 Å². The molecule has 4 nitrogen and oxygen atoms in total. The highest BCUT2D eigenvalue weighted by molar-refractivity contribution is 5.51. The summed E-state index contributed by atoms with van der Waals surface area (Å²) in [5.41, 5.74) is 9.32. The molecule has 0 spiro atoms. The van der Waals surface area contributed by atoms with Crippen LogP contribution in [0.2, 0.25) is 0 Å². The number of imidazole rings is 1. The van der Waals surface area contributed by atoms with Gasteiger partial charge in [0.2, 0.25) is 0 Å². The minimum atomic E-state index is -0.0232. The summed E-state index contributed by atoms with van der Waals surface area (Å²) >= 11 is 0. The fourth-order valence-electron chi connectivity index (χ4n) is 2.27. The second-order valence-corrected chi connectivity index (χ2v) is 4.67. The highest BCUT2D eigenvalue weighted by Crippen LogP contribution is 2.20. The first kappa shape index (κ1) is 13.6. The van der Waals surface area contributed by atoms with E-state index in [-0.39, 0.29) is 6.04 Å². The van der Waals surface area contributed by atoms with Crippen molar-refractivity contribution in [2.45, 2.75) is 26.8 Å². The maximum atomic E-state index is 5.95. The molecular weight excluding hydrogens is 236 g/mol. The SMILES string of the molecule is CCN(CC)c1ccc(-n2cncc2[C@H](C)N)cc1. The summed E-state index contributed by atoms with van der Waals surface area (Å²) < 4.78 is 2.04. The van der Waals surface area contributed by atoms with Gasteiger partial charge < -0.3 is 15.2 Å². The van der Waals surface area contributed by atoms with Crippen molar-refractivity contribution < 1.29 is 0 Å². The average Bonchev–Trinajstić information content (AvgIpc) is 2.90. The Labute approximate surface area is 114 Å². The summed E-state index contributed by atoms with van der Waals surface area (Å²) in [4.78, 5) is 6.51. The van der Waals surface area contributed by atoms with Crippen LogP contribution in [-0.4, -0.2) is 22.6 Å². The Kier molecular flexibility index (Phi) is 4.22. The predicted molar refractivity (Wildman–Crippen MR) is 79.7 cm³/mol. The van der Waals surface area contributed by atoms with Gasteiger partial charge in [-0.05, 0) is 45.0 Å². The smallest absolute Gasteiger partial charge is 0.0994 e. The number of hydrogen-bond acceptors (Lipinski definition) is 3. The molecule has 0 saturated heterocycles. The highest BCUT2D eigenvalue weighted by Gasteiger charge is 2.08. The second kappa shape index (κ2) is 5.89. The standard InChI is InChI=1S/C15H22N4/c1-4-18(5-2)13-6-8-14(9-7-13)19-11-17-10-15(19)12(3)16/h6-12H,4-5,16H2,1-3H3/t12-/m0/s1. The van der Waals surface area contributed by atoms with Gasteiger partial charge in [-0.25, -0.2) is 4.98 Å². The summed E-state index contributed by atoms with van der Waals surface area (Å²) in [7, 11) is 0. The number of hydrogen-bond donors (Lipinski definition) is 1. The Hall–Kier alpha value is -1.81. The average molecular weight is 258 g/mol. The molecule has 1 atom stereocenters. The largest absolute Gasteiger partial charge is 0.372 e. The first-order chi connectivity index (χ1) is 9.17. The molecule has 19 heavy (non-hydrogen) atoms. The van der Waals surface area contributed by atoms with Crippen molar-refractivity contribution in [3.63, 3.8) is 0 Å². The van der Waals surface area contributed by atoms with Crippen molar-refractivity contribution in [2.24, 2.45) is 5.73 Å². The van der Waals surface area contributed by atoms with Gasteiger partial charge in [-0.3, -0.25) is 0 Å². The lowest BCUT2D eigenvalue weighted by atomic mass is 10.2. The Morgan fingerprint density at radius 1 is 1.21 bits per heavy atom. The predicted octanol–water partition coefficient (Wildman–Crippen LogP) is 2.74. The molecule has 0 aliphatic rings. The van der Waals surface area contributed by atoms with Crippen molar-refractivity contribution in [1.29, 1.82) is 0 Å². The molecule has 0 saturated carbocycles. The first-order valence-corrected chi connectivity index (χ1v) is 6.80. The molecule has 2 rings (SSSR count). The lowest BCUT2D eigenvalue weighted by Gasteiger charge is -2.21. The van der Waals surface area contributed by atoms with E-state index in [9.17, 15) is 0 Å². The van der Waals surface area contributed by atoms with Crippen molar-refractivity contribution in [1.82, 2.24) is 9.55 Å². The zero-order chi connectivity index (χ0) is 13.8. The molecule has 1 heterocycles. The molecule has 0 aliphatic carbocycles. The summed E-state index contributed by atoms with van der Waals surface area (Å²) in [6.07, 6.45) is 3.63. The molecule has 0 fully saturated rings. The monoisotopic (exact) mass is 258 g/mol. The van der Waals surface area contributed by atoms with Crippen LogP contribution in [0.3, 0.4) is 0 Å². The molecule has 0 bridgehead atoms. The number of anilines is 1. The molecule has 2 aromatic rings. The number of nitrogens with two attached hydrogens (primary N) is 1. The Morgan fingerprint density at radius 2 is 1.84 bits per heavy atom. The molecule has 0 aliphatic heterocycles. The van der Waals surface area contributed by atoms with Gasteiger partial charge in [0, 0.05) is 30.5 Å². The van der Waals surface area contributed by atoms with E-state index in [4.69, 9.17) is 5.73 Å². The lowest BCUT2D eigenvalue weighted by Crippen LogP contribution is -2.21. The van der Waals surface area contributed by atoms with Gasteiger partial charge in [-0.15, -0.1) is 0 Å². The molecule has 0 amide bonds. The van der Waals surface area contributed by atoms with E-state index in [2.05, 4.69) is 48.0 Å². The summed E-state index contributed by atoms with van der Waals surface area (Å²) in [6, 6.07) is 8.49. The molecule has 1 aromatic heterocycles. The third kappa shape index (κ3) is 2.79. The lowest BCUT2D eigenvalue weighted by molar-refractivity contribution is 0.752. The molecular formula is C15H22N4. The van der Waals surface area contributed by atoms with Gasteiger partial charge in [-0.2, -0.15) is 0 Å². The summed E-state index contributed by atoms with van der Waals surface area (Å²) in [6.45, 7) is 8.35. The van der Waals surface area contributed by atoms with Crippen LogP contribution < -0.4 is 10.6 Å². The van der Waals surface area contributed by atoms with E-state index < -0.39 is 0 Å². The van der Waals surface area contributed by atoms with Crippen LogP contribution in [0.15, 0.2) is 36.8 Å². The normalized spacial score (nSPS) is 12.4. The topological polar surface area (TPSA) is 47.1 Å². The van der Waals surface area contributed by atoms with Crippen molar-refractivity contribution >= 4 is 5.69 Å².